The van der Waals surface area contributed by atoms with E-state index in [2.05, 4.69) is 27.4 Å². The quantitative estimate of drug-likeness (QED) is 0.725. The summed E-state index contributed by atoms with van der Waals surface area (Å²) in [5.41, 5.74) is 1.28. The van der Waals surface area contributed by atoms with Crippen LogP contribution >= 0.6 is 0 Å². The SMILES string of the molecule is CN(C)C(CNC(=O)c1nn(C)c(=O)c2ccccc12)Cc1ccccc1. The van der Waals surface area contributed by atoms with Crippen molar-refractivity contribution >= 4 is 16.7 Å². The Morgan fingerprint density at radius 2 is 1.70 bits per heavy atom. The molecule has 0 aliphatic rings. The van der Waals surface area contributed by atoms with Gasteiger partial charge in [-0.05, 0) is 32.1 Å². The van der Waals surface area contributed by atoms with Crippen molar-refractivity contribution in [2.75, 3.05) is 20.6 Å². The number of nitrogens with zero attached hydrogens (tertiary/aromatic N) is 3. The number of benzene rings is 2. The molecule has 1 aromatic heterocycles. The van der Waals surface area contributed by atoms with Crippen molar-refractivity contribution < 1.29 is 4.79 Å². The number of rotatable bonds is 6. The molecule has 0 aliphatic carbocycles. The van der Waals surface area contributed by atoms with Gasteiger partial charge in [0.2, 0.25) is 0 Å². The molecule has 0 saturated carbocycles. The average Bonchev–Trinajstić information content (AvgIpc) is 2.68. The predicted molar refractivity (Wildman–Crippen MR) is 107 cm³/mol. The van der Waals surface area contributed by atoms with Crippen LogP contribution in [0, 0.1) is 0 Å². The van der Waals surface area contributed by atoms with Crippen molar-refractivity contribution in [1.82, 2.24) is 20.0 Å². The number of amides is 1. The normalized spacial score (nSPS) is 12.3. The zero-order valence-corrected chi connectivity index (χ0v) is 15.8. The number of hydrogen-bond acceptors (Lipinski definition) is 4. The van der Waals surface area contributed by atoms with E-state index >= 15 is 0 Å². The second kappa shape index (κ2) is 8.14. The lowest BCUT2D eigenvalue weighted by Crippen LogP contribution is -2.42. The third-order valence-electron chi connectivity index (χ3n) is 4.71. The first kappa shape index (κ1) is 18.8. The monoisotopic (exact) mass is 364 g/mol. The lowest BCUT2D eigenvalue weighted by Gasteiger charge is -2.24. The summed E-state index contributed by atoms with van der Waals surface area (Å²) in [4.78, 5) is 27.1. The molecule has 1 amide bonds. The Bertz CT molecular complexity index is 996. The van der Waals surface area contributed by atoms with Crippen LogP contribution in [0.2, 0.25) is 0 Å². The minimum absolute atomic E-state index is 0.148. The van der Waals surface area contributed by atoms with Crippen molar-refractivity contribution in [3.8, 4) is 0 Å². The molecule has 0 saturated heterocycles. The van der Waals surface area contributed by atoms with Gasteiger partial charge in [-0.2, -0.15) is 5.10 Å². The highest BCUT2D eigenvalue weighted by Gasteiger charge is 2.18. The molecule has 0 spiro atoms. The number of aromatic nitrogens is 2. The highest BCUT2D eigenvalue weighted by molar-refractivity contribution is 6.04. The van der Waals surface area contributed by atoms with Gasteiger partial charge >= 0.3 is 0 Å². The standard InChI is InChI=1S/C21H24N4O2/c1-24(2)16(13-15-9-5-4-6-10-15)14-22-20(26)19-17-11-7-8-12-18(17)21(27)25(3)23-19/h4-12,16H,13-14H2,1-3H3,(H,22,26). The number of nitrogens with one attached hydrogen (secondary N) is 1. The molecule has 1 heterocycles. The molecule has 0 aliphatic heterocycles. The first-order valence-corrected chi connectivity index (χ1v) is 8.92. The zero-order chi connectivity index (χ0) is 19.4. The second-order valence-electron chi connectivity index (χ2n) is 6.84. The van der Waals surface area contributed by atoms with Crippen LogP contribution in [0.5, 0.6) is 0 Å². The van der Waals surface area contributed by atoms with Gasteiger partial charge < -0.3 is 10.2 Å². The van der Waals surface area contributed by atoms with Gasteiger partial charge in [0.15, 0.2) is 5.69 Å². The van der Waals surface area contributed by atoms with Crippen molar-refractivity contribution in [2.45, 2.75) is 12.5 Å². The molecule has 1 N–H and O–H groups in total. The van der Waals surface area contributed by atoms with Gasteiger partial charge in [-0.1, -0.05) is 48.5 Å². The van der Waals surface area contributed by atoms with Gasteiger partial charge in [0.05, 0.1) is 5.39 Å². The van der Waals surface area contributed by atoms with E-state index in [0.29, 0.717) is 17.3 Å². The van der Waals surface area contributed by atoms with E-state index in [4.69, 9.17) is 0 Å². The van der Waals surface area contributed by atoms with E-state index in [1.807, 2.05) is 32.3 Å². The summed E-state index contributed by atoms with van der Waals surface area (Å²) in [5.74, 6) is -0.276. The van der Waals surface area contributed by atoms with Crippen molar-refractivity contribution in [1.29, 1.82) is 0 Å². The van der Waals surface area contributed by atoms with E-state index in [-0.39, 0.29) is 23.2 Å². The van der Waals surface area contributed by atoms with Gasteiger partial charge in [-0.15, -0.1) is 0 Å². The molecule has 6 heteroatoms. The second-order valence-corrected chi connectivity index (χ2v) is 6.84. The van der Waals surface area contributed by atoms with Gasteiger partial charge in [0.25, 0.3) is 11.5 Å². The minimum Gasteiger partial charge on any atom is -0.349 e. The lowest BCUT2D eigenvalue weighted by molar-refractivity contribution is 0.0936. The highest BCUT2D eigenvalue weighted by Crippen LogP contribution is 2.13. The Morgan fingerprint density at radius 3 is 2.37 bits per heavy atom. The Kier molecular flexibility index (Phi) is 5.66. The summed E-state index contributed by atoms with van der Waals surface area (Å²) in [6.45, 7) is 0.486. The third-order valence-corrected chi connectivity index (χ3v) is 4.71. The smallest absolute Gasteiger partial charge is 0.274 e. The molecule has 140 valence electrons. The molecule has 0 bridgehead atoms. The highest BCUT2D eigenvalue weighted by atomic mass is 16.2. The molecule has 3 rings (SSSR count). The summed E-state index contributed by atoms with van der Waals surface area (Å²) in [5, 5.41) is 8.23. The molecule has 0 fully saturated rings. The van der Waals surface area contributed by atoms with E-state index in [0.717, 1.165) is 6.42 Å². The van der Waals surface area contributed by atoms with Crippen molar-refractivity contribution in [3.63, 3.8) is 0 Å². The largest absolute Gasteiger partial charge is 0.349 e. The van der Waals surface area contributed by atoms with E-state index in [1.54, 1.807) is 31.3 Å². The summed E-state index contributed by atoms with van der Waals surface area (Å²) in [6, 6.07) is 17.4. The van der Waals surface area contributed by atoms with Gasteiger partial charge in [0.1, 0.15) is 0 Å². The van der Waals surface area contributed by atoms with Crippen LogP contribution < -0.4 is 10.9 Å². The predicted octanol–water partition coefficient (Wildman–Crippen LogP) is 1.84. The van der Waals surface area contributed by atoms with E-state index in [1.165, 1.54) is 10.2 Å². The summed E-state index contributed by atoms with van der Waals surface area (Å²) < 4.78 is 1.21. The lowest BCUT2D eigenvalue weighted by atomic mass is 10.0. The topological polar surface area (TPSA) is 67.2 Å². The van der Waals surface area contributed by atoms with Crippen LogP contribution in [-0.4, -0.2) is 47.3 Å². The number of aryl methyl sites for hydroxylation is 1. The van der Waals surface area contributed by atoms with E-state index < -0.39 is 0 Å². The van der Waals surface area contributed by atoms with Crippen molar-refractivity contribution in [2.24, 2.45) is 7.05 Å². The molecular weight excluding hydrogens is 340 g/mol. The number of fused-ring (bicyclic) bond motifs is 1. The number of carbonyl (C=O) groups excluding carboxylic acids is 1. The molecule has 6 nitrogen and oxygen atoms in total. The summed E-state index contributed by atoms with van der Waals surface area (Å²) >= 11 is 0. The van der Waals surface area contributed by atoms with Crippen LogP contribution in [0.4, 0.5) is 0 Å². The fraction of sp³-hybridized carbons (Fsp3) is 0.286. The van der Waals surface area contributed by atoms with Crippen LogP contribution in [0.1, 0.15) is 16.1 Å². The van der Waals surface area contributed by atoms with Gasteiger partial charge in [0, 0.05) is 25.0 Å². The molecule has 2 aromatic carbocycles. The Hall–Kier alpha value is -2.99. The first-order valence-electron chi connectivity index (χ1n) is 8.92. The number of likely N-dealkylation sites (N-methyl/N-ethyl adjacent to an activating group) is 1. The zero-order valence-electron chi connectivity index (χ0n) is 15.8. The summed E-state index contributed by atoms with van der Waals surface area (Å²) in [7, 11) is 5.56. The molecule has 27 heavy (non-hydrogen) atoms. The van der Waals surface area contributed by atoms with Gasteiger partial charge in [-0.25, -0.2) is 4.68 Å². The van der Waals surface area contributed by atoms with E-state index in [9.17, 15) is 9.59 Å². The fourth-order valence-corrected chi connectivity index (χ4v) is 3.09. The molecular formula is C21H24N4O2. The maximum atomic E-state index is 12.8. The number of hydrogen-bond donors (Lipinski definition) is 1. The molecule has 0 radical (unpaired) electrons. The summed E-state index contributed by atoms with van der Waals surface area (Å²) in [6.07, 6.45) is 0.829. The van der Waals surface area contributed by atoms with Crippen molar-refractivity contribution in [3.05, 3.63) is 76.2 Å². The maximum absolute atomic E-state index is 12.8. The Balaban J connectivity index is 1.80. The molecule has 1 atom stereocenters. The number of carbonyl (C=O) groups is 1. The third kappa shape index (κ3) is 4.23. The van der Waals surface area contributed by atoms with Gasteiger partial charge in [-0.3, -0.25) is 9.59 Å². The van der Waals surface area contributed by atoms with Crippen LogP contribution in [-0.2, 0) is 13.5 Å². The molecule has 3 aromatic rings. The molecule has 1 unspecified atom stereocenters. The van der Waals surface area contributed by atoms with Crippen LogP contribution in [0.3, 0.4) is 0 Å². The Morgan fingerprint density at radius 1 is 1.07 bits per heavy atom. The average molecular weight is 364 g/mol. The Labute approximate surface area is 158 Å². The first-order chi connectivity index (χ1) is 13.0. The maximum Gasteiger partial charge on any atom is 0.274 e. The minimum atomic E-state index is -0.276. The van der Waals surface area contributed by atoms with Crippen LogP contribution in [0.15, 0.2) is 59.4 Å². The van der Waals surface area contributed by atoms with Crippen LogP contribution in [0.25, 0.3) is 10.8 Å². The fourth-order valence-electron chi connectivity index (χ4n) is 3.09.